The Kier molecular flexibility index (Phi) is 2.97. The summed E-state index contributed by atoms with van der Waals surface area (Å²) in [6.45, 7) is 2.61. The first-order valence-electron chi connectivity index (χ1n) is 7.26. The molecule has 2 atom stereocenters. The van der Waals surface area contributed by atoms with Gasteiger partial charge in [-0.2, -0.15) is 0 Å². The van der Waals surface area contributed by atoms with Crippen LogP contribution in [0.25, 0.3) is 0 Å². The Bertz CT molecular complexity index is 249. The maximum absolute atomic E-state index is 3.91. The van der Waals surface area contributed by atoms with Crippen molar-refractivity contribution in [2.45, 2.75) is 62.9 Å². The second-order valence-electron chi connectivity index (χ2n) is 6.28. The average Bonchev–Trinajstić information content (AvgIpc) is 3.05. The minimum atomic E-state index is 0.535. The van der Waals surface area contributed by atoms with Crippen LogP contribution in [0.15, 0.2) is 0 Å². The first kappa shape index (κ1) is 11.0. The van der Waals surface area contributed by atoms with E-state index < -0.39 is 0 Å². The van der Waals surface area contributed by atoms with E-state index in [0.717, 1.165) is 12.0 Å². The molecule has 0 unspecified atom stereocenters. The van der Waals surface area contributed by atoms with Crippen LogP contribution in [-0.4, -0.2) is 36.6 Å². The Labute approximate surface area is 99.8 Å². The molecule has 16 heavy (non-hydrogen) atoms. The molecular formula is C14H26N2. The molecule has 0 aromatic carbocycles. The molecule has 3 fully saturated rings. The van der Waals surface area contributed by atoms with Gasteiger partial charge in [0.25, 0.3) is 0 Å². The van der Waals surface area contributed by atoms with Crippen LogP contribution >= 0.6 is 0 Å². The van der Waals surface area contributed by atoms with Gasteiger partial charge in [0.1, 0.15) is 0 Å². The zero-order chi connectivity index (χ0) is 11.0. The number of rotatable bonds is 3. The number of likely N-dealkylation sites (tertiary alicyclic amines) is 1. The summed E-state index contributed by atoms with van der Waals surface area (Å²) in [7, 11) is 2.35. The van der Waals surface area contributed by atoms with Crippen molar-refractivity contribution in [1.82, 2.24) is 10.2 Å². The molecule has 3 rings (SSSR count). The molecular weight excluding hydrogens is 196 g/mol. The summed E-state index contributed by atoms with van der Waals surface area (Å²) in [4.78, 5) is 2.66. The summed E-state index contributed by atoms with van der Waals surface area (Å²) < 4.78 is 0. The molecule has 0 radical (unpaired) electrons. The van der Waals surface area contributed by atoms with Gasteiger partial charge in [-0.15, -0.1) is 0 Å². The van der Waals surface area contributed by atoms with Gasteiger partial charge in [0.05, 0.1) is 0 Å². The zero-order valence-electron chi connectivity index (χ0n) is 10.7. The van der Waals surface area contributed by atoms with Crippen LogP contribution in [0.2, 0.25) is 0 Å². The smallest absolute Gasteiger partial charge is 0.0359 e. The van der Waals surface area contributed by atoms with E-state index in [9.17, 15) is 0 Å². The second-order valence-corrected chi connectivity index (χ2v) is 6.28. The predicted octanol–water partition coefficient (Wildman–Crippen LogP) is 2.39. The van der Waals surface area contributed by atoms with E-state index in [4.69, 9.17) is 0 Å². The van der Waals surface area contributed by atoms with Gasteiger partial charge >= 0.3 is 0 Å². The van der Waals surface area contributed by atoms with Gasteiger partial charge in [0.15, 0.2) is 0 Å². The predicted molar refractivity (Wildman–Crippen MR) is 67.6 cm³/mol. The molecule has 92 valence electrons. The fourth-order valence-electron chi connectivity index (χ4n) is 3.94. The van der Waals surface area contributed by atoms with Gasteiger partial charge in [-0.05, 0) is 64.6 Å². The summed E-state index contributed by atoms with van der Waals surface area (Å²) >= 11 is 0. The average molecular weight is 222 g/mol. The number of hydrogen-bond donors (Lipinski definition) is 1. The summed E-state index contributed by atoms with van der Waals surface area (Å²) in [5.41, 5.74) is 0.535. The Morgan fingerprint density at radius 1 is 1.12 bits per heavy atom. The Morgan fingerprint density at radius 2 is 1.94 bits per heavy atom. The summed E-state index contributed by atoms with van der Waals surface area (Å²) in [5.74, 6) is 1.02. The second kappa shape index (κ2) is 4.30. The Morgan fingerprint density at radius 3 is 2.62 bits per heavy atom. The third-order valence-electron chi connectivity index (χ3n) is 5.21. The van der Waals surface area contributed by atoms with Crippen LogP contribution in [-0.2, 0) is 0 Å². The third kappa shape index (κ3) is 1.91. The third-order valence-corrected chi connectivity index (χ3v) is 5.21. The maximum Gasteiger partial charge on any atom is 0.0359 e. The van der Waals surface area contributed by atoms with Crippen molar-refractivity contribution in [2.75, 3.05) is 20.1 Å². The first-order chi connectivity index (χ1) is 7.81. The van der Waals surface area contributed by atoms with E-state index in [2.05, 4.69) is 17.3 Å². The van der Waals surface area contributed by atoms with Crippen molar-refractivity contribution in [3.8, 4) is 0 Å². The number of nitrogens with one attached hydrogen (secondary N) is 1. The van der Waals surface area contributed by atoms with Gasteiger partial charge in [0, 0.05) is 11.6 Å². The Hall–Kier alpha value is -0.0800. The molecule has 0 aromatic rings. The van der Waals surface area contributed by atoms with E-state index in [-0.39, 0.29) is 0 Å². The van der Waals surface area contributed by atoms with E-state index in [1.165, 1.54) is 64.5 Å². The quantitative estimate of drug-likeness (QED) is 0.789. The molecule has 0 bridgehead atoms. The van der Waals surface area contributed by atoms with Gasteiger partial charge in [-0.3, -0.25) is 4.90 Å². The highest BCUT2D eigenvalue weighted by Gasteiger charge is 2.46. The van der Waals surface area contributed by atoms with Crippen LogP contribution < -0.4 is 5.32 Å². The monoisotopic (exact) mass is 222 g/mol. The lowest BCUT2D eigenvalue weighted by Crippen LogP contribution is -2.59. The lowest BCUT2D eigenvalue weighted by molar-refractivity contribution is 0.0769. The van der Waals surface area contributed by atoms with E-state index in [1.807, 2.05) is 0 Å². The molecule has 0 aromatic heterocycles. The minimum Gasteiger partial charge on any atom is -0.312 e. The summed E-state index contributed by atoms with van der Waals surface area (Å²) in [5, 5.41) is 3.91. The lowest BCUT2D eigenvalue weighted by atomic mass is 9.75. The fourth-order valence-corrected chi connectivity index (χ4v) is 3.94. The molecule has 1 aliphatic heterocycles. The van der Waals surface area contributed by atoms with E-state index >= 15 is 0 Å². The van der Waals surface area contributed by atoms with Crippen molar-refractivity contribution in [3.63, 3.8) is 0 Å². The van der Waals surface area contributed by atoms with Gasteiger partial charge in [-0.25, -0.2) is 0 Å². The fraction of sp³-hybridized carbons (Fsp3) is 1.00. The molecule has 2 nitrogen and oxygen atoms in total. The highest BCUT2D eigenvalue weighted by Crippen LogP contribution is 2.41. The summed E-state index contributed by atoms with van der Waals surface area (Å²) in [6, 6.07) is 0.786. The number of nitrogens with zero attached hydrogens (tertiary/aromatic N) is 1. The van der Waals surface area contributed by atoms with Gasteiger partial charge < -0.3 is 5.32 Å². The van der Waals surface area contributed by atoms with Crippen LogP contribution in [0, 0.1) is 5.92 Å². The highest BCUT2D eigenvalue weighted by molar-refractivity contribution is 5.05. The molecule has 1 heterocycles. The normalized spacial score (nSPS) is 40.7. The first-order valence-corrected chi connectivity index (χ1v) is 7.26. The van der Waals surface area contributed by atoms with Crippen molar-refractivity contribution >= 4 is 0 Å². The van der Waals surface area contributed by atoms with Crippen molar-refractivity contribution in [2.24, 2.45) is 5.92 Å². The van der Waals surface area contributed by atoms with Gasteiger partial charge in [0.2, 0.25) is 0 Å². The lowest BCUT2D eigenvalue weighted by Gasteiger charge is -2.47. The minimum absolute atomic E-state index is 0.535. The highest BCUT2D eigenvalue weighted by atomic mass is 15.2. The topological polar surface area (TPSA) is 15.3 Å². The Balaban J connectivity index is 1.66. The molecule has 2 heteroatoms. The van der Waals surface area contributed by atoms with Crippen molar-refractivity contribution in [1.29, 1.82) is 0 Å². The zero-order valence-corrected chi connectivity index (χ0v) is 10.7. The molecule has 2 saturated carbocycles. The van der Waals surface area contributed by atoms with Crippen LogP contribution in [0.4, 0.5) is 0 Å². The molecule has 2 aliphatic carbocycles. The molecule has 1 spiro atoms. The molecule has 0 amide bonds. The van der Waals surface area contributed by atoms with Crippen molar-refractivity contribution < 1.29 is 0 Å². The standard InChI is InChI=1S/C14H26N2/c1-16-10-4-9-14(16)8-3-2-5-13(14)15-11-12-6-7-12/h12-13,15H,2-11H2,1H3/t13-,14+/m0/s1. The van der Waals surface area contributed by atoms with Crippen molar-refractivity contribution in [3.05, 3.63) is 0 Å². The molecule has 1 N–H and O–H groups in total. The van der Waals surface area contributed by atoms with Gasteiger partial charge in [-0.1, -0.05) is 12.8 Å². The number of hydrogen-bond acceptors (Lipinski definition) is 2. The maximum atomic E-state index is 3.91. The number of likely N-dealkylation sites (N-methyl/N-ethyl adjacent to an activating group) is 1. The SMILES string of the molecule is CN1CCC[C@@]12CCCC[C@@H]2NCC1CC1. The largest absolute Gasteiger partial charge is 0.312 e. The van der Waals surface area contributed by atoms with Crippen LogP contribution in [0.5, 0.6) is 0 Å². The van der Waals surface area contributed by atoms with E-state index in [0.29, 0.717) is 5.54 Å². The van der Waals surface area contributed by atoms with E-state index in [1.54, 1.807) is 0 Å². The molecule has 1 saturated heterocycles. The summed E-state index contributed by atoms with van der Waals surface area (Å²) in [6.07, 6.45) is 11.5. The van der Waals surface area contributed by atoms with Crippen LogP contribution in [0.1, 0.15) is 51.4 Å². The van der Waals surface area contributed by atoms with Crippen LogP contribution in [0.3, 0.4) is 0 Å². The molecule has 3 aliphatic rings.